The summed E-state index contributed by atoms with van der Waals surface area (Å²) >= 11 is 0. The third kappa shape index (κ3) is 3.30. The summed E-state index contributed by atoms with van der Waals surface area (Å²) < 4.78 is 2.14. The van der Waals surface area contributed by atoms with E-state index in [2.05, 4.69) is 19.8 Å². The van der Waals surface area contributed by atoms with E-state index < -0.39 is 0 Å². The van der Waals surface area contributed by atoms with Gasteiger partial charge < -0.3 is 14.8 Å². The molecule has 3 heterocycles. The highest BCUT2D eigenvalue weighted by molar-refractivity contribution is 5.90. The van der Waals surface area contributed by atoms with Gasteiger partial charge in [0.2, 0.25) is 11.8 Å². The first kappa shape index (κ1) is 15.0. The summed E-state index contributed by atoms with van der Waals surface area (Å²) in [5.41, 5.74) is 0. The van der Waals surface area contributed by atoms with Gasteiger partial charge in [0.1, 0.15) is 11.9 Å². The highest BCUT2D eigenvalue weighted by Gasteiger charge is 2.32. The molecule has 0 aliphatic carbocycles. The minimum Gasteiger partial charge on any atom is -0.344 e. The number of carbonyl (C=O) groups excluding carboxylic acids is 2. The predicted molar refractivity (Wildman–Crippen MR) is 81.1 cm³/mol. The van der Waals surface area contributed by atoms with Gasteiger partial charge in [-0.2, -0.15) is 0 Å². The number of imidazole rings is 1. The summed E-state index contributed by atoms with van der Waals surface area (Å²) in [6.45, 7) is 7.17. The van der Waals surface area contributed by atoms with E-state index in [0.717, 1.165) is 45.1 Å². The maximum Gasteiger partial charge on any atom is 0.245 e. The molecule has 1 aromatic rings. The molecular weight excluding hydrogens is 282 g/mol. The largest absolute Gasteiger partial charge is 0.344 e. The molecule has 1 N–H and O–H groups in total. The number of amides is 2. The summed E-state index contributed by atoms with van der Waals surface area (Å²) in [4.78, 5) is 32.0. The number of nitrogens with one attached hydrogen (secondary N) is 1. The standard InChI is InChI=1S/C15H23N5O2/c1-12-16-4-5-19(12)9-6-18-7-10-20(11-8-18)15(22)13-2-3-14(21)17-13/h4-5,13H,2-3,6-11H2,1H3,(H,17,21). The molecule has 0 spiro atoms. The van der Waals surface area contributed by atoms with Crippen molar-refractivity contribution in [3.05, 3.63) is 18.2 Å². The molecule has 2 aliphatic heterocycles. The van der Waals surface area contributed by atoms with E-state index in [0.29, 0.717) is 12.8 Å². The Morgan fingerprint density at radius 3 is 2.68 bits per heavy atom. The molecule has 0 saturated carbocycles. The molecule has 0 aromatic carbocycles. The SMILES string of the molecule is Cc1nccn1CCN1CCN(C(=O)C2CCC(=O)N2)CC1. The molecule has 120 valence electrons. The number of aromatic nitrogens is 2. The first-order valence-electron chi connectivity index (χ1n) is 7.92. The van der Waals surface area contributed by atoms with Crippen LogP contribution in [-0.2, 0) is 16.1 Å². The van der Waals surface area contributed by atoms with Crippen LogP contribution < -0.4 is 5.32 Å². The van der Waals surface area contributed by atoms with Gasteiger partial charge in [-0.3, -0.25) is 14.5 Å². The first-order valence-corrected chi connectivity index (χ1v) is 7.92. The topological polar surface area (TPSA) is 70.5 Å². The normalized spacial score (nSPS) is 22.9. The zero-order valence-electron chi connectivity index (χ0n) is 13.0. The van der Waals surface area contributed by atoms with Crippen molar-refractivity contribution in [2.75, 3.05) is 32.7 Å². The van der Waals surface area contributed by atoms with E-state index in [1.165, 1.54) is 0 Å². The van der Waals surface area contributed by atoms with Gasteiger partial charge in [0.15, 0.2) is 0 Å². The predicted octanol–water partition coefficient (Wildman–Crippen LogP) is -0.386. The summed E-state index contributed by atoms with van der Waals surface area (Å²) in [7, 11) is 0. The number of rotatable bonds is 4. The lowest BCUT2D eigenvalue weighted by Gasteiger charge is -2.35. The number of carbonyl (C=O) groups is 2. The van der Waals surface area contributed by atoms with Crippen LogP contribution in [0.25, 0.3) is 0 Å². The molecule has 1 unspecified atom stereocenters. The van der Waals surface area contributed by atoms with Crippen LogP contribution in [0.4, 0.5) is 0 Å². The number of hydrogen-bond donors (Lipinski definition) is 1. The van der Waals surface area contributed by atoms with E-state index in [1.54, 1.807) is 0 Å². The van der Waals surface area contributed by atoms with Gasteiger partial charge in [-0.25, -0.2) is 4.98 Å². The molecule has 2 fully saturated rings. The number of hydrogen-bond acceptors (Lipinski definition) is 4. The third-order valence-electron chi connectivity index (χ3n) is 4.56. The maximum absolute atomic E-state index is 12.3. The third-order valence-corrected chi connectivity index (χ3v) is 4.56. The second-order valence-corrected chi connectivity index (χ2v) is 5.99. The molecular formula is C15H23N5O2. The van der Waals surface area contributed by atoms with Gasteiger partial charge in [0.05, 0.1) is 0 Å². The summed E-state index contributed by atoms with van der Waals surface area (Å²) in [5, 5.41) is 2.76. The molecule has 2 saturated heterocycles. The fourth-order valence-electron chi connectivity index (χ4n) is 3.10. The Balaban J connectivity index is 1.43. The maximum atomic E-state index is 12.3. The van der Waals surface area contributed by atoms with Crippen LogP contribution in [0.1, 0.15) is 18.7 Å². The Kier molecular flexibility index (Phi) is 4.42. The molecule has 7 heteroatoms. The molecule has 1 atom stereocenters. The Hall–Kier alpha value is -1.89. The Morgan fingerprint density at radius 1 is 1.32 bits per heavy atom. The minimum atomic E-state index is -0.298. The van der Waals surface area contributed by atoms with Crippen molar-refractivity contribution in [1.29, 1.82) is 0 Å². The van der Waals surface area contributed by atoms with Crippen LogP contribution >= 0.6 is 0 Å². The molecule has 2 amide bonds. The summed E-state index contributed by atoms with van der Waals surface area (Å²) in [6, 6.07) is -0.298. The van der Waals surface area contributed by atoms with Crippen LogP contribution in [0.5, 0.6) is 0 Å². The molecule has 0 bridgehead atoms. The highest BCUT2D eigenvalue weighted by atomic mass is 16.2. The monoisotopic (exact) mass is 305 g/mol. The van der Waals surface area contributed by atoms with Crippen molar-refractivity contribution < 1.29 is 9.59 Å². The average Bonchev–Trinajstić information content (AvgIpc) is 3.13. The van der Waals surface area contributed by atoms with Gasteiger partial charge in [0, 0.05) is 58.1 Å². The van der Waals surface area contributed by atoms with Crippen molar-refractivity contribution in [3.8, 4) is 0 Å². The molecule has 1 aromatic heterocycles. The van der Waals surface area contributed by atoms with Crippen LogP contribution in [0.2, 0.25) is 0 Å². The fraction of sp³-hybridized carbons (Fsp3) is 0.667. The van der Waals surface area contributed by atoms with Gasteiger partial charge in [0.25, 0.3) is 0 Å². The second-order valence-electron chi connectivity index (χ2n) is 5.99. The lowest BCUT2D eigenvalue weighted by Crippen LogP contribution is -2.53. The summed E-state index contributed by atoms with van der Waals surface area (Å²) in [6.07, 6.45) is 4.93. The Bertz CT molecular complexity index is 548. The molecule has 0 radical (unpaired) electrons. The minimum absolute atomic E-state index is 0.00677. The van der Waals surface area contributed by atoms with Crippen LogP contribution in [0, 0.1) is 6.92 Å². The van der Waals surface area contributed by atoms with E-state index in [-0.39, 0.29) is 17.9 Å². The molecule has 3 rings (SSSR count). The lowest BCUT2D eigenvalue weighted by molar-refractivity contribution is -0.136. The van der Waals surface area contributed by atoms with Crippen molar-refractivity contribution in [2.45, 2.75) is 32.4 Å². The summed E-state index contributed by atoms with van der Waals surface area (Å²) in [5.74, 6) is 1.11. The van der Waals surface area contributed by atoms with Crippen molar-refractivity contribution in [2.24, 2.45) is 0 Å². The number of aryl methyl sites for hydroxylation is 1. The van der Waals surface area contributed by atoms with E-state index >= 15 is 0 Å². The van der Waals surface area contributed by atoms with Crippen LogP contribution in [0.15, 0.2) is 12.4 Å². The molecule has 7 nitrogen and oxygen atoms in total. The molecule has 22 heavy (non-hydrogen) atoms. The van der Waals surface area contributed by atoms with Crippen molar-refractivity contribution in [3.63, 3.8) is 0 Å². The molecule has 2 aliphatic rings. The van der Waals surface area contributed by atoms with Gasteiger partial charge in [-0.15, -0.1) is 0 Å². The second kappa shape index (κ2) is 6.48. The van der Waals surface area contributed by atoms with Crippen LogP contribution in [0.3, 0.4) is 0 Å². The van der Waals surface area contributed by atoms with Crippen molar-refractivity contribution in [1.82, 2.24) is 24.7 Å². The smallest absolute Gasteiger partial charge is 0.245 e. The van der Waals surface area contributed by atoms with Gasteiger partial charge in [-0.1, -0.05) is 0 Å². The number of piperazine rings is 1. The zero-order chi connectivity index (χ0) is 15.5. The van der Waals surface area contributed by atoms with Crippen LogP contribution in [-0.4, -0.2) is 69.9 Å². The van der Waals surface area contributed by atoms with E-state index in [9.17, 15) is 9.59 Å². The Morgan fingerprint density at radius 2 is 2.09 bits per heavy atom. The highest BCUT2D eigenvalue weighted by Crippen LogP contribution is 2.12. The van der Waals surface area contributed by atoms with E-state index in [4.69, 9.17) is 0 Å². The van der Waals surface area contributed by atoms with Crippen molar-refractivity contribution >= 4 is 11.8 Å². The quantitative estimate of drug-likeness (QED) is 0.823. The zero-order valence-corrected chi connectivity index (χ0v) is 13.0. The fourth-order valence-corrected chi connectivity index (χ4v) is 3.10. The Labute approximate surface area is 130 Å². The number of nitrogens with zero attached hydrogens (tertiary/aromatic N) is 4. The van der Waals surface area contributed by atoms with Gasteiger partial charge in [-0.05, 0) is 13.3 Å². The van der Waals surface area contributed by atoms with E-state index in [1.807, 2.05) is 24.2 Å². The average molecular weight is 305 g/mol. The van der Waals surface area contributed by atoms with Gasteiger partial charge >= 0.3 is 0 Å². The first-order chi connectivity index (χ1) is 10.6. The lowest BCUT2D eigenvalue weighted by atomic mass is 10.2.